The van der Waals surface area contributed by atoms with Crippen LogP contribution in [0.2, 0.25) is 0 Å². The summed E-state index contributed by atoms with van der Waals surface area (Å²) >= 11 is 0. The van der Waals surface area contributed by atoms with Crippen LogP contribution in [0, 0.1) is 6.92 Å². The number of hydrogen-bond donors (Lipinski definition) is 1. The molecule has 126 valence electrons. The molecule has 0 aliphatic rings. The van der Waals surface area contributed by atoms with Crippen molar-refractivity contribution < 1.29 is 4.52 Å². The molecule has 24 heavy (non-hydrogen) atoms. The molecule has 3 rings (SSSR count). The number of hydrogen-bond acceptors (Lipinski definition) is 6. The van der Waals surface area contributed by atoms with Crippen molar-refractivity contribution in [1.29, 1.82) is 0 Å². The molecule has 0 aliphatic heterocycles. The van der Waals surface area contributed by atoms with E-state index in [4.69, 9.17) is 10.3 Å². The van der Waals surface area contributed by atoms with Crippen LogP contribution in [0.1, 0.15) is 36.8 Å². The molecule has 1 aromatic carbocycles. The molecule has 0 spiro atoms. The molecule has 0 radical (unpaired) electrons. The van der Waals surface area contributed by atoms with Crippen LogP contribution >= 0.6 is 12.4 Å². The minimum atomic E-state index is 0. The maximum Gasteiger partial charge on any atom is 0.261 e. The van der Waals surface area contributed by atoms with Gasteiger partial charge in [0, 0.05) is 18.3 Å². The van der Waals surface area contributed by atoms with Crippen LogP contribution in [0.25, 0.3) is 22.8 Å². The van der Waals surface area contributed by atoms with E-state index in [-0.39, 0.29) is 18.3 Å². The Bertz CT molecular complexity index is 814. The van der Waals surface area contributed by atoms with E-state index < -0.39 is 0 Å². The third-order valence-electron chi connectivity index (χ3n) is 3.59. The molecule has 0 amide bonds. The molecule has 3 aromatic rings. The molecule has 2 aromatic heterocycles. The smallest absolute Gasteiger partial charge is 0.261 e. The molecule has 0 bridgehead atoms. The predicted octanol–water partition coefficient (Wildman–Crippen LogP) is 3.51. The van der Waals surface area contributed by atoms with Crippen molar-refractivity contribution in [1.82, 2.24) is 20.1 Å². The zero-order chi connectivity index (χ0) is 16.4. The van der Waals surface area contributed by atoms with Crippen molar-refractivity contribution in [3.8, 4) is 22.8 Å². The molecular formula is C17H20ClN5O. The molecule has 0 saturated carbocycles. The molecule has 0 saturated heterocycles. The average Bonchev–Trinajstić information content (AvgIpc) is 3.04. The zero-order valence-corrected chi connectivity index (χ0v) is 14.7. The first-order valence-electron chi connectivity index (χ1n) is 7.55. The Morgan fingerprint density at radius 2 is 1.83 bits per heavy atom. The lowest BCUT2D eigenvalue weighted by atomic mass is 10.1. The molecule has 2 N–H and O–H groups in total. The molecule has 0 fully saturated rings. The first-order valence-corrected chi connectivity index (χ1v) is 7.55. The van der Waals surface area contributed by atoms with Gasteiger partial charge < -0.3 is 10.3 Å². The molecule has 0 aliphatic carbocycles. The summed E-state index contributed by atoms with van der Waals surface area (Å²) in [4.78, 5) is 13.2. The van der Waals surface area contributed by atoms with E-state index in [1.54, 1.807) is 6.20 Å². The van der Waals surface area contributed by atoms with Gasteiger partial charge in [-0.3, -0.25) is 0 Å². The number of benzene rings is 1. The Hall–Kier alpha value is -2.31. The highest BCUT2D eigenvalue weighted by Gasteiger charge is 2.18. The quantitative estimate of drug-likeness (QED) is 0.778. The highest BCUT2D eigenvalue weighted by molar-refractivity contribution is 5.85. The maximum absolute atomic E-state index is 5.61. The topological polar surface area (TPSA) is 90.7 Å². The van der Waals surface area contributed by atoms with Crippen molar-refractivity contribution in [3.05, 3.63) is 47.5 Å². The Balaban J connectivity index is 0.00000208. The van der Waals surface area contributed by atoms with Crippen LogP contribution < -0.4 is 5.73 Å². The lowest BCUT2D eigenvalue weighted by Crippen LogP contribution is -2.01. The zero-order valence-electron chi connectivity index (χ0n) is 13.9. The summed E-state index contributed by atoms with van der Waals surface area (Å²) in [6, 6.07) is 7.79. The summed E-state index contributed by atoms with van der Waals surface area (Å²) in [6.45, 7) is 6.53. The lowest BCUT2D eigenvalue weighted by Gasteiger charge is -2.08. The van der Waals surface area contributed by atoms with Crippen LogP contribution in [-0.2, 0) is 6.54 Å². The van der Waals surface area contributed by atoms with Gasteiger partial charge in [0.2, 0.25) is 5.82 Å². The van der Waals surface area contributed by atoms with Crippen LogP contribution in [0.5, 0.6) is 0 Å². The number of rotatable bonds is 4. The lowest BCUT2D eigenvalue weighted by molar-refractivity contribution is 0.431. The summed E-state index contributed by atoms with van der Waals surface area (Å²) < 4.78 is 5.43. The van der Waals surface area contributed by atoms with Crippen molar-refractivity contribution in [2.24, 2.45) is 5.73 Å². The molecule has 7 heteroatoms. The number of nitrogens with two attached hydrogens (primary N) is 1. The van der Waals surface area contributed by atoms with Crippen molar-refractivity contribution in [2.45, 2.75) is 33.2 Å². The largest absolute Gasteiger partial charge is 0.333 e. The average molecular weight is 346 g/mol. The fourth-order valence-electron chi connectivity index (χ4n) is 2.33. The highest BCUT2D eigenvalue weighted by atomic mass is 35.5. The Morgan fingerprint density at radius 1 is 1.12 bits per heavy atom. The van der Waals surface area contributed by atoms with Gasteiger partial charge in [0.25, 0.3) is 5.89 Å². The summed E-state index contributed by atoms with van der Waals surface area (Å²) in [5.74, 6) is 1.95. The van der Waals surface area contributed by atoms with Crippen LogP contribution in [0.15, 0.2) is 35.0 Å². The molecule has 2 heterocycles. The first-order chi connectivity index (χ1) is 11.1. The summed E-state index contributed by atoms with van der Waals surface area (Å²) in [6.07, 6.45) is 1.74. The van der Waals surface area contributed by atoms with Crippen molar-refractivity contribution >= 4 is 12.4 Å². The molecular weight excluding hydrogens is 326 g/mol. The van der Waals surface area contributed by atoms with E-state index in [1.165, 1.54) is 0 Å². The fourth-order valence-corrected chi connectivity index (χ4v) is 2.33. The van der Waals surface area contributed by atoms with E-state index in [9.17, 15) is 0 Å². The first kappa shape index (κ1) is 18.0. The number of halogens is 1. The van der Waals surface area contributed by atoms with E-state index in [1.807, 2.05) is 31.2 Å². The van der Waals surface area contributed by atoms with Gasteiger partial charge in [0.15, 0.2) is 0 Å². The summed E-state index contributed by atoms with van der Waals surface area (Å²) in [7, 11) is 0. The van der Waals surface area contributed by atoms with E-state index in [0.29, 0.717) is 18.3 Å². The third-order valence-corrected chi connectivity index (χ3v) is 3.59. The normalized spacial score (nSPS) is 10.7. The monoisotopic (exact) mass is 345 g/mol. The Labute approximate surface area is 146 Å². The number of aromatic nitrogens is 4. The van der Waals surface area contributed by atoms with Gasteiger partial charge in [0.05, 0.1) is 11.3 Å². The molecule has 6 nitrogen and oxygen atoms in total. The second-order valence-corrected chi connectivity index (χ2v) is 5.70. The number of aryl methyl sites for hydroxylation is 1. The van der Waals surface area contributed by atoms with E-state index >= 15 is 0 Å². The van der Waals surface area contributed by atoms with Crippen LogP contribution in [-0.4, -0.2) is 20.1 Å². The Morgan fingerprint density at radius 3 is 2.46 bits per heavy atom. The highest BCUT2D eigenvalue weighted by Crippen LogP contribution is 2.27. The standard InChI is InChI=1S/C17H19N5O.ClH/c1-10(2)15-14(9-19-11(3)20-15)17-21-16(22-23-17)13-6-4-12(8-18)5-7-13;/h4-7,9-10H,8,18H2,1-3H3;1H. The van der Waals surface area contributed by atoms with Gasteiger partial charge in [-0.05, 0) is 18.4 Å². The van der Waals surface area contributed by atoms with Gasteiger partial charge in [0.1, 0.15) is 5.82 Å². The van der Waals surface area contributed by atoms with Crippen molar-refractivity contribution in [3.63, 3.8) is 0 Å². The SMILES string of the molecule is Cc1ncc(-c2nc(-c3ccc(CN)cc3)no2)c(C(C)C)n1.Cl. The van der Waals surface area contributed by atoms with Gasteiger partial charge in [-0.1, -0.05) is 43.3 Å². The van der Waals surface area contributed by atoms with Gasteiger partial charge in [-0.25, -0.2) is 9.97 Å². The van der Waals surface area contributed by atoms with E-state index in [2.05, 4.69) is 34.0 Å². The maximum atomic E-state index is 5.61. The third kappa shape index (κ3) is 3.60. The van der Waals surface area contributed by atoms with Crippen LogP contribution in [0.3, 0.4) is 0 Å². The van der Waals surface area contributed by atoms with E-state index in [0.717, 1.165) is 28.2 Å². The van der Waals surface area contributed by atoms with Gasteiger partial charge >= 0.3 is 0 Å². The summed E-state index contributed by atoms with van der Waals surface area (Å²) in [5.41, 5.74) is 9.25. The second kappa shape index (κ2) is 7.51. The minimum absolute atomic E-state index is 0. The van der Waals surface area contributed by atoms with Gasteiger partial charge in [-0.2, -0.15) is 4.98 Å². The minimum Gasteiger partial charge on any atom is -0.333 e. The molecule has 0 unspecified atom stereocenters. The summed E-state index contributed by atoms with van der Waals surface area (Å²) in [5, 5.41) is 4.07. The second-order valence-electron chi connectivity index (χ2n) is 5.70. The number of nitrogens with zero attached hydrogens (tertiary/aromatic N) is 4. The molecule has 0 atom stereocenters. The fraction of sp³-hybridized carbons (Fsp3) is 0.294. The Kier molecular flexibility index (Phi) is 5.64. The van der Waals surface area contributed by atoms with Crippen molar-refractivity contribution in [2.75, 3.05) is 0 Å². The van der Waals surface area contributed by atoms with Gasteiger partial charge in [-0.15, -0.1) is 12.4 Å². The predicted molar refractivity (Wildman–Crippen MR) is 94.7 cm³/mol. The van der Waals surface area contributed by atoms with Crippen LogP contribution in [0.4, 0.5) is 0 Å².